The van der Waals surface area contributed by atoms with Crippen LogP contribution in [0.1, 0.15) is 30.9 Å². The van der Waals surface area contributed by atoms with Gasteiger partial charge in [-0.05, 0) is 24.4 Å². The van der Waals surface area contributed by atoms with E-state index in [1.165, 1.54) is 0 Å². The Balaban J connectivity index is 2.84. The summed E-state index contributed by atoms with van der Waals surface area (Å²) in [5.41, 5.74) is 9.48. The van der Waals surface area contributed by atoms with Gasteiger partial charge in [-0.2, -0.15) is 0 Å². The summed E-state index contributed by atoms with van der Waals surface area (Å²) in [6, 6.07) is 7.29. The molecule has 1 atom stereocenters. The fourth-order valence-electron chi connectivity index (χ4n) is 1.73. The van der Waals surface area contributed by atoms with Crippen molar-refractivity contribution >= 4 is 0 Å². The molecule has 1 unspecified atom stereocenters. The average Bonchev–Trinajstić information content (AvgIpc) is 2.38. The molecule has 1 rings (SSSR count). The van der Waals surface area contributed by atoms with E-state index in [-0.39, 0.29) is 12.6 Å². The number of methoxy groups -OCH3 is 1. The summed E-state index contributed by atoms with van der Waals surface area (Å²) in [5, 5.41) is 12.5. The van der Waals surface area contributed by atoms with Gasteiger partial charge in [-0.15, -0.1) is 0 Å². The van der Waals surface area contributed by atoms with Crippen LogP contribution in [-0.4, -0.2) is 18.8 Å². The van der Waals surface area contributed by atoms with Gasteiger partial charge in [0, 0.05) is 17.1 Å². The van der Waals surface area contributed by atoms with E-state index in [2.05, 4.69) is 10.0 Å². The molecule has 0 aliphatic rings. The molecule has 0 saturated heterocycles. The van der Waals surface area contributed by atoms with Crippen LogP contribution >= 0.6 is 0 Å². The molecule has 0 saturated carbocycles. The molecule has 0 radical (unpaired) electrons. The van der Waals surface area contributed by atoms with Gasteiger partial charge in [0.2, 0.25) is 0 Å². The highest BCUT2D eigenvalue weighted by molar-refractivity contribution is 5.35. The number of para-hydroxylation sites is 1. The molecule has 1 aromatic rings. The molecule has 0 aliphatic heterocycles. The third kappa shape index (κ3) is 3.98. The topological polar surface area (TPSA) is 78.2 Å². The first kappa shape index (κ1) is 13.4. The number of azide groups is 1. The van der Waals surface area contributed by atoms with Crippen LogP contribution in [0, 0.1) is 0 Å². The molecule has 1 N–H and O–H groups in total. The Morgan fingerprint density at radius 1 is 1.41 bits per heavy atom. The lowest BCUT2D eigenvalue weighted by Crippen LogP contribution is -1.99. The Labute approximate surface area is 101 Å². The van der Waals surface area contributed by atoms with Crippen LogP contribution in [-0.2, 0) is 0 Å². The van der Waals surface area contributed by atoms with Crippen molar-refractivity contribution in [3.05, 3.63) is 40.3 Å². The van der Waals surface area contributed by atoms with E-state index < -0.39 is 0 Å². The molecule has 0 heterocycles. The first-order chi connectivity index (χ1) is 8.33. The molecule has 0 spiro atoms. The van der Waals surface area contributed by atoms with E-state index in [9.17, 15) is 0 Å². The molecule has 0 aromatic heterocycles. The van der Waals surface area contributed by atoms with Crippen molar-refractivity contribution in [1.82, 2.24) is 0 Å². The molecule has 0 fully saturated rings. The third-order valence-electron chi connectivity index (χ3n) is 2.57. The quantitative estimate of drug-likeness (QED) is 0.341. The van der Waals surface area contributed by atoms with Crippen LogP contribution in [0.25, 0.3) is 10.4 Å². The molecule has 0 amide bonds. The molecule has 17 heavy (non-hydrogen) atoms. The minimum absolute atomic E-state index is 0.162. The predicted molar refractivity (Wildman–Crippen MR) is 65.8 cm³/mol. The molecular formula is C12H17N3O2. The van der Waals surface area contributed by atoms with Crippen molar-refractivity contribution < 1.29 is 9.84 Å². The van der Waals surface area contributed by atoms with E-state index >= 15 is 0 Å². The van der Waals surface area contributed by atoms with Crippen LogP contribution in [0.3, 0.4) is 0 Å². The van der Waals surface area contributed by atoms with Gasteiger partial charge in [0.1, 0.15) is 5.75 Å². The second-order valence-corrected chi connectivity index (χ2v) is 3.68. The van der Waals surface area contributed by atoms with Crippen molar-refractivity contribution in [3.8, 4) is 5.75 Å². The largest absolute Gasteiger partial charge is 0.496 e. The summed E-state index contributed by atoms with van der Waals surface area (Å²) in [5.74, 6) is 0.730. The van der Waals surface area contributed by atoms with Crippen molar-refractivity contribution in [3.63, 3.8) is 0 Å². The Bertz CT molecular complexity index is 389. The standard InChI is InChI=1S/C12H17N3O2/c1-17-12-8-3-2-6-10(12)11(14-15-13)7-4-5-9-16/h2-3,6,8,11,16H,4-5,7,9H2,1H3. The number of benzene rings is 1. The summed E-state index contributed by atoms with van der Waals surface area (Å²) in [7, 11) is 1.60. The molecular weight excluding hydrogens is 218 g/mol. The maximum Gasteiger partial charge on any atom is 0.122 e. The number of unbranched alkanes of at least 4 members (excludes halogenated alkanes) is 1. The number of nitrogens with zero attached hydrogens (tertiary/aromatic N) is 3. The lowest BCUT2D eigenvalue weighted by molar-refractivity contribution is 0.281. The first-order valence-electron chi connectivity index (χ1n) is 5.61. The van der Waals surface area contributed by atoms with Crippen LogP contribution in [0.2, 0.25) is 0 Å². The number of aliphatic hydroxyl groups excluding tert-OH is 1. The van der Waals surface area contributed by atoms with E-state index in [1.807, 2.05) is 24.3 Å². The van der Waals surface area contributed by atoms with Gasteiger partial charge in [0.25, 0.3) is 0 Å². The van der Waals surface area contributed by atoms with Gasteiger partial charge < -0.3 is 9.84 Å². The van der Waals surface area contributed by atoms with E-state index in [0.29, 0.717) is 12.8 Å². The van der Waals surface area contributed by atoms with Crippen LogP contribution in [0.4, 0.5) is 0 Å². The summed E-state index contributed by atoms with van der Waals surface area (Å²) in [6.07, 6.45) is 2.25. The smallest absolute Gasteiger partial charge is 0.122 e. The zero-order valence-corrected chi connectivity index (χ0v) is 9.91. The second kappa shape index (κ2) is 7.54. The normalized spacial score (nSPS) is 11.6. The fraction of sp³-hybridized carbons (Fsp3) is 0.500. The third-order valence-corrected chi connectivity index (χ3v) is 2.57. The van der Waals surface area contributed by atoms with E-state index in [0.717, 1.165) is 17.7 Å². The number of aliphatic hydroxyl groups is 1. The van der Waals surface area contributed by atoms with Gasteiger partial charge in [-0.25, -0.2) is 0 Å². The highest BCUT2D eigenvalue weighted by Gasteiger charge is 2.13. The monoisotopic (exact) mass is 235 g/mol. The molecule has 0 bridgehead atoms. The van der Waals surface area contributed by atoms with Crippen molar-refractivity contribution in [1.29, 1.82) is 0 Å². The zero-order valence-electron chi connectivity index (χ0n) is 9.91. The zero-order chi connectivity index (χ0) is 12.5. The van der Waals surface area contributed by atoms with Gasteiger partial charge in [0.15, 0.2) is 0 Å². The summed E-state index contributed by atoms with van der Waals surface area (Å²) in [4.78, 5) is 2.87. The number of ether oxygens (including phenoxy) is 1. The minimum Gasteiger partial charge on any atom is -0.496 e. The first-order valence-corrected chi connectivity index (χ1v) is 5.61. The Hall–Kier alpha value is -1.71. The molecule has 5 heteroatoms. The fourth-order valence-corrected chi connectivity index (χ4v) is 1.73. The van der Waals surface area contributed by atoms with Crippen LogP contribution < -0.4 is 4.74 Å². The Morgan fingerprint density at radius 3 is 2.82 bits per heavy atom. The molecule has 5 nitrogen and oxygen atoms in total. The number of hydrogen-bond donors (Lipinski definition) is 1. The van der Waals surface area contributed by atoms with Gasteiger partial charge in [-0.3, -0.25) is 0 Å². The van der Waals surface area contributed by atoms with Crippen molar-refractivity contribution in [2.24, 2.45) is 5.11 Å². The minimum atomic E-state index is -0.234. The average molecular weight is 235 g/mol. The van der Waals surface area contributed by atoms with E-state index in [4.69, 9.17) is 15.4 Å². The van der Waals surface area contributed by atoms with Crippen molar-refractivity contribution in [2.45, 2.75) is 25.3 Å². The number of hydrogen-bond acceptors (Lipinski definition) is 3. The molecule has 0 aliphatic carbocycles. The Morgan fingerprint density at radius 2 is 2.18 bits per heavy atom. The predicted octanol–water partition coefficient (Wildman–Crippen LogP) is 3.21. The van der Waals surface area contributed by atoms with E-state index in [1.54, 1.807) is 7.11 Å². The molecule has 92 valence electrons. The maximum atomic E-state index is 8.75. The maximum absolute atomic E-state index is 8.75. The summed E-state index contributed by atoms with van der Waals surface area (Å²) < 4.78 is 5.25. The summed E-state index contributed by atoms with van der Waals surface area (Å²) >= 11 is 0. The van der Waals surface area contributed by atoms with Crippen molar-refractivity contribution in [2.75, 3.05) is 13.7 Å². The van der Waals surface area contributed by atoms with Gasteiger partial charge >= 0.3 is 0 Å². The molecule has 1 aromatic carbocycles. The highest BCUT2D eigenvalue weighted by Crippen LogP contribution is 2.31. The summed E-state index contributed by atoms with van der Waals surface area (Å²) in [6.45, 7) is 0.162. The van der Waals surface area contributed by atoms with Crippen LogP contribution in [0.5, 0.6) is 5.75 Å². The van der Waals surface area contributed by atoms with Crippen LogP contribution in [0.15, 0.2) is 29.4 Å². The SMILES string of the molecule is COc1ccccc1C(CCCCO)N=[N+]=[N-]. The lowest BCUT2D eigenvalue weighted by atomic mass is 10.0. The lowest BCUT2D eigenvalue weighted by Gasteiger charge is -2.14. The van der Waals surface area contributed by atoms with Gasteiger partial charge in [-0.1, -0.05) is 29.7 Å². The highest BCUT2D eigenvalue weighted by atomic mass is 16.5. The van der Waals surface area contributed by atoms with Gasteiger partial charge in [0.05, 0.1) is 13.2 Å². The Kier molecular flexibility index (Phi) is 5.93. The number of rotatable bonds is 7. The second-order valence-electron chi connectivity index (χ2n) is 3.68.